The van der Waals surface area contributed by atoms with Crippen LogP contribution in [0.15, 0.2) is 48.5 Å². The van der Waals surface area contributed by atoms with Gasteiger partial charge >= 0.3 is 5.97 Å². The molecule has 0 saturated carbocycles. The number of hydrogen-bond acceptors (Lipinski definition) is 5. The van der Waals surface area contributed by atoms with Gasteiger partial charge < -0.3 is 4.74 Å². The third-order valence-electron chi connectivity index (χ3n) is 4.60. The van der Waals surface area contributed by atoms with E-state index in [1.165, 1.54) is 0 Å². The summed E-state index contributed by atoms with van der Waals surface area (Å²) < 4.78 is 5.06. The van der Waals surface area contributed by atoms with Crippen molar-refractivity contribution in [1.29, 1.82) is 0 Å². The van der Waals surface area contributed by atoms with Crippen LogP contribution in [0.4, 0.5) is 0 Å². The van der Waals surface area contributed by atoms with Crippen molar-refractivity contribution in [3.05, 3.63) is 70.2 Å². The van der Waals surface area contributed by atoms with Crippen LogP contribution in [0, 0.1) is 12.8 Å². The highest BCUT2D eigenvalue weighted by atomic mass is 35.5. The molecular formula is C21H19ClN2O5. The lowest BCUT2D eigenvalue weighted by atomic mass is 10.1. The van der Waals surface area contributed by atoms with E-state index in [1.54, 1.807) is 49.4 Å². The van der Waals surface area contributed by atoms with E-state index in [9.17, 15) is 19.2 Å². The number of rotatable bonds is 6. The molecule has 0 aliphatic carbocycles. The minimum absolute atomic E-state index is 0.00950. The minimum atomic E-state index is -0.752. The first-order valence-electron chi connectivity index (χ1n) is 8.97. The number of amides is 2. The number of esters is 1. The van der Waals surface area contributed by atoms with E-state index < -0.39 is 30.3 Å². The van der Waals surface area contributed by atoms with Crippen molar-refractivity contribution in [1.82, 2.24) is 10.4 Å². The Morgan fingerprint density at radius 3 is 2.52 bits per heavy atom. The second kappa shape index (κ2) is 8.87. The normalized spacial score (nSPS) is 15.9. The van der Waals surface area contributed by atoms with Crippen LogP contribution in [0.1, 0.15) is 32.7 Å². The molecule has 1 aliphatic rings. The van der Waals surface area contributed by atoms with Gasteiger partial charge in [0.2, 0.25) is 5.91 Å². The van der Waals surface area contributed by atoms with E-state index in [2.05, 4.69) is 5.43 Å². The summed E-state index contributed by atoms with van der Waals surface area (Å²) in [7, 11) is 0. The van der Waals surface area contributed by atoms with Gasteiger partial charge in [-0.3, -0.25) is 29.6 Å². The minimum Gasteiger partial charge on any atom is -0.457 e. The number of Topliss-reactive ketones (excluding diaryl/α,β-unsaturated/α-hetero) is 1. The van der Waals surface area contributed by atoms with Crippen molar-refractivity contribution in [2.45, 2.75) is 13.3 Å². The number of ketones is 1. The predicted molar refractivity (Wildman–Crippen MR) is 105 cm³/mol. The zero-order valence-corrected chi connectivity index (χ0v) is 16.4. The number of nitrogens with zero attached hydrogens (tertiary/aromatic N) is 1. The van der Waals surface area contributed by atoms with Gasteiger partial charge in [0.15, 0.2) is 12.4 Å². The molecule has 1 N–H and O–H groups in total. The fourth-order valence-electron chi connectivity index (χ4n) is 2.96. The maximum absolute atomic E-state index is 12.4. The molecule has 0 radical (unpaired) electrons. The first kappa shape index (κ1) is 20.5. The molecule has 1 aliphatic heterocycles. The maximum atomic E-state index is 12.4. The van der Waals surface area contributed by atoms with Crippen molar-refractivity contribution in [3.63, 3.8) is 0 Å². The second-order valence-electron chi connectivity index (χ2n) is 6.70. The molecule has 1 heterocycles. The second-order valence-corrected chi connectivity index (χ2v) is 7.14. The van der Waals surface area contributed by atoms with E-state index in [-0.39, 0.29) is 18.7 Å². The third kappa shape index (κ3) is 5.00. The van der Waals surface area contributed by atoms with E-state index in [0.717, 1.165) is 10.6 Å². The van der Waals surface area contributed by atoms with Crippen molar-refractivity contribution in [3.8, 4) is 0 Å². The summed E-state index contributed by atoms with van der Waals surface area (Å²) in [6.45, 7) is 1.35. The van der Waals surface area contributed by atoms with Crippen molar-refractivity contribution in [2.75, 3.05) is 13.2 Å². The van der Waals surface area contributed by atoms with Crippen molar-refractivity contribution in [2.24, 2.45) is 5.92 Å². The molecule has 29 heavy (non-hydrogen) atoms. The van der Waals surface area contributed by atoms with Crippen LogP contribution in [0.5, 0.6) is 0 Å². The van der Waals surface area contributed by atoms with Gasteiger partial charge in [0.25, 0.3) is 5.91 Å². The highest BCUT2D eigenvalue weighted by Gasteiger charge is 2.36. The Kier molecular flexibility index (Phi) is 6.29. The fourth-order valence-corrected chi connectivity index (χ4v) is 3.08. The van der Waals surface area contributed by atoms with Crippen LogP contribution < -0.4 is 5.43 Å². The first-order valence-corrected chi connectivity index (χ1v) is 9.35. The smallest absolute Gasteiger partial charge is 0.311 e. The SMILES string of the molecule is Cc1ccccc1C(=O)NN1C[C@H](C(=O)OCC(=O)c2ccc(Cl)cc2)CC1=O. The largest absolute Gasteiger partial charge is 0.457 e. The Labute approximate surface area is 172 Å². The summed E-state index contributed by atoms with van der Waals surface area (Å²) >= 11 is 5.78. The van der Waals surface area contributed by atoms with Crippen molar-refractivity contribution < 1.29 is 23.9 Å². The monoisotopic (exact) mass is 414 g/mol. The van der Waals surface area contributed by atoms with E-state index in [0.29, 0.717) is 16.1 Å². The molecule has 3 rings (SSSR count). The molecule has 1 fully saturated rings. The molecule has 1 saturated heterocycles. The van der Waals surface area contributed by atoms with Crippen LogP contribution in [-0.2, 0) is 14.3 Å². The Morgan fingerprint density at radius 2 is 1.83 bits per heavy atom. The number of benzene rings is 2. The Bertz CT molecular complexity index is 958. The average Bonchev–Trinajstić information content (AvgIpc) is 3.07. The van der Waals surface area contributed by atoms with E-state index >= 15 is 0 Å². The predicted octanol–water partition coefficient (Wildman–Crippen LogP) is 2.57. The third-order valence-corrected chi connectivity index (χ3v) is 4.85. The molecule has 0 spiro atoms. The first-order chi connectivity index (χ1) is 13.8. The van der Waals surface area contributed by atoms with Gasteiger partial charge in [0, 0.05) is 22.6 Å². The Balaban J connectivity index is 1.53. The summed E-state index contributed by atoms with van der Waals surface area (Å²) in [6.07, 6.45) is -0.0952. The lowest BCUT2D eigenvalue weighted by molar-refractivity contribution is -0.147. The molecule has 2 amide bonds. The Morgan fingerprint density at radius 1 is 1.14 bits per heavy atom. The highest BCUT2D eigenvalue weighted by Crippen LogP contribution is 2.19. The lowest BCUT2D eigenvalue weighted by Crippen LogP contribution is -2.43. The molecular weight excluding hydrogens is 396 g/mol. The number of ether oxygens (including phenoxy) is 1. The zero-order valence-electron chi connectivity index (χ0n) is 15.7. The number of hydrazine groups is 1. The summed E-state index contributed by atoms with van der Waals surface area (Å²) in [6, 6.07) is 13.2. The van der Waals surface area contributed by atoms with E-state index in [1.807, 2.05) is 6.07 Å². The fraction of sp³-hybridized carbons (Fsp3) is 0.238. The van der Waals surface area contributed by atoms with Gasteiger partial charge in [-0.05, 0) is 42.8 Å². The summed E-state index contributed by atoms with van der Waals surface area (Å²) in [4.78, 5) is 48.9. The molecule has 1 atom stereocenters. The quantitative estimate of drug-likeness (QED) is 0.579. The van der Waals surface area contributed by atoms with Crippen LogP contribution in [0.2, 0.25) is 5.02 Å². The summed E-state index contributed by atoms with van der Waals surface area (Å²) in [5.74, 6) is -2.60. The van der Waals surface area contributed by atoms with Gasteiger partial charge in [0.05, 0.1) is 12.5 Å². The van der Waals surface area contributed by atoms with Crippen LogP contribution in [-0.4, -0.2) is 41.7 Å². The molecule has 0 aromatic heterocycles. The molecule has 0 bridgehead atoms. The van der Waals surface area contributed by atoms with E-state index in [4.69, 9.17) is 16.3 Å². The number of carbonyl (C=O) groups is 4. The standard InChI is InChI=1S/C21H19ClN2O5/c1-13-4-2-3-5-17(13)20(27)23-24-11-15(10-19(24)26)21(28)29-12-18(25)14-6-8-16(22)9-7-14/h2-9,15H,10-12H2,1H3,(H,23,27)/t15-/m1/s1. The van der Waals surface area contributed by atoms with Crippen molar-refractivity contribution >= 4 is 35.2 Å². The van der Waals surface area contributed by atoms with Crippen LogP contribution in [0.25, 0.3) is 0 Å². The van der Waals surface area contributed by atoms with Gasteiger partial charge in [-0.15, -0.1) is 0 Å². The molecule has 2 aromatic rings. The number of carbonyl (C=O) groups excluding carboxylic acids is 4. The molecule has 2 aromatic carbocycles. The summed E-state index contributed by atoms with van der Waals surface area (Å²) in [5, 5.41) is 1.61. The molecule has 8 heteroatoms. The van der Waals surface area contributed by atoms with Crippen LogP contribution in [0.3, 0.4) is 0 Å². The van der Waals surface area contributed by atoms with Gasteiger partial charge in [-0.2, -0.15) is 0 Å². The van der Waals surface area contributed by atoms with Gasteiger partial charge in [0.1, 0.15) is 0 Å². The number of aryl methyl sites for hydroxylation is 1. The maximum Gasteiger partial charge on any atom is 0.311 e. The molecule has 150 valence electrons. The lowest BCUT2D eigenvalue weighted by Gasteiger charge is -2.18. The van der Waals surface area contributed by atoms with Gasteiger partial charge in [-0.1, -0.05) is 29.8 Å². The average molecular weight is 415 g/mol. The van der Waals surface area contributed by atoms with Crippen LogP contribution >= 0.6 is 11.6 Å². The Hall–Kier alpha value is -3.19. The highest BCUT2D eigenvalue weighted by molar-refractivity contribution is 6.30. The topological polar surface area (TPSA) is 92.8 Å². The van der Waals surface area contributed by atoms with Gasteiger partial charge in [-0.25, -0.2) is 0 Å². The number of hydrogen-bond donors (Lipinski definition) is 1. The molecule has 0 unspecified atom stereocenters. The molecule has 7 nitrogen and oxygen atoms in total. The number of halogens is 1. The summed E-state index contributed by atoms with van der Waals surface area (Å²) in [5.41, 5.74) is 4.11. The zero-order chi connectivity index (χ0) is 21.0. The number of nitrogens with one attached hydrogen (secondary N) is 1.